The minimum absolute atomic E-state index is 0.0252. The molecule has 15 heavy (non-hydrogen) atoms. The van der Waals surface area contributed by atoms with E-state index >= 15 is 0 Å². The maximum absolute atomic E-state index is 12.5. The zero-order chi connectivity index (χ0) is 11.5. The van der Waals surface area contributed by atoms with Crippen LogP contribution in [0.15, 0.2) is 16.5 Å². The van der Waals surface area contributed by atoms with Gasteiger partial charge in [-0.2, -0.15) is 13.2 Å². The van der Waals surface area contributed by atoms with E-state index in [0.29, 0.717) is 0 Å². The number of furan rings is 1. The summed E-state index contributed by atoms with van der Waals surface area (Å²) >= 11 is 0. The monoisotopic (exact) mass is 224 g/mol. The first-order valence-corrected chi connectivity index (χ1v) is 4.30. The molecule has 86 valence electrons. The van der Waals surface area contributed by atoms with Gasteiger partial charge in [0.1, 0.15) is 11.7 Å². The third-order valence-corrected chi connectivity index (χ3v) is 1.96. The van der Waals surface area contributed by atoms with Gasteiger partial charge in [-0.05, 0) is 12.5 Å². The third kappa shape index (κ3) is 2.89. The van der Waals surface area contributed by atoms with Crippen LogP contribution in [0.4, 0.5) is 13.2 Å². The van der Waals surface area contributed by atoms with Crippen LogP contribution in [0.2, 0.25) is 0 Å². The Morgan fingerprint density at radius 2 is 2.13 bits per heavy atom. The van der Waals surface area contributed by atoms with Gasteiger partial charge in [0.05, 0.1) is 7.11 Å². The van der Waals surface area contributed by atoms with Crippen molar-refractivity contribution in [3.63, 3.8) is 0 Å². The van der Waals surface area contributed by atoms with Crippen LogP contribution >= 0.6 is 0 Å². The lowest BCUT2D eigenvalue weighted by molar-refractivity contribution is -0.157. The molecule has 0 amide bonds. The van der Waals surface area contributed by atoms with Crippen molar-refractivity contribution in [1.29, 1.82) is 0 Å². The van der Waals surface area contributed by atoms with Gasteiger partial charge in [0.15, 0.2) is 0 Å². The van der Waals surface area contributed by atoms with E-state index in [9.17, 15) is 13.2 Å². The van der Waals surface area contributed by atoms with Crippen molar-refractivity contribution in [2.75, 3.05) is 13.7 Å². The van der Waals surface area contributed by atoms with Gasteiger partial charge < -0.3 is 14.3 Å². The van der Waals surface area contributed by atoms with E-state index in [1.54, 1.807) is 0 Å². The summed E-state index contributed by atoms with van der Waals surface area (Å²) in [6, 6.07) is 2.51. The van der Waals surface area contributed by atoms with Crippen molar-refractivity contribution in [3.8, 4) is 5.95 Å². The van der Waals surface area contributed by atoms with Crippen molar-refractivity contribution in [2.24, 2.45) is 0 Å². The Hall–Kier alpha value is -1.17. The Balaban J connectivity index is 2.88. The molecule has 1 aromatic rings. The Kier molecular flexibility index (Phi) is 3.62. The molecule has 0 aromatic carbocycles. The predicted molar refractivity (Wildman–Crippen MR) is 45.8 cm³/mol. The van der Waals surface area contributed by atoms with Crippen LogP contribution < -0.4 is 4.74 Å². The zero-order valence-electron chi connectivity index (χ0n) is 8.04. The Bertz CT molecular complexity index is 306. The minimum atomic E-state index is -4.43. The molecule has 0 aliphatic heterocycles. The summed E-state index contributed by atoms with van der Waals surface area (Å²) in [7, 11) is 1.30. The summed E-state index contributed by atoms with van der Waals surface area (Å²) in [6.45, 7) is -0.548. The molecule has 1 atom stereocenters. The molecule has 1 N–H and O–H groups in total. The quantitative estimate of drug-likeness (QED) is 0.853. The average Bonchev–Trinajstić information content (AvgIpc) is 2.60. The van der Waals surface area contributed by atoms with Gasteiger partial charge in [-0.1, -0.05) is 0 Å². The highest BCUT2D eigenvalue weighted by molar-refractivity contribution is 5.16. The zero-order valence-corrected chi connectivity index (χ0v) is 8.04. The standard InChI is InChI=1S/C9H11F3O3/c1-14-8-3-2-7(15-8)6(4-5-13)9(10,11)12/h2-3,6,13H,4-5H2,1H3. The van der Waals surface area contributed by atoms with E-state index in [1.807, 2.05) is 0 Å². The van der Waals surface area contributed by atoms with Gasteiger partial charge >= 0.3 is 6.18 Å². The Morgan fingerprint density at radius 1 is 1.47 bits per heavy atom. The fraction of sp³-hybridized carbons (Fsp3) is 0.556. The molecule has 1 heterocycles. The number of rotatable bonds is 4. The van der Waals surface area contributed by atoms with Crippen molar-refractivity contribution in [1.82, 2.24) is 0 Å². The molecule has 6 heteroatoms. The number of methoxy groups -OCH3 is 1. The maximum atomic E-state index is 12.5. The Morgan fingerprint density at radius 3 is 2.53 bits per heavy atom. The maximum Gasteiger partial charge on any atom is 0.398 e. The molecule has 0 aliphatic rings. The van der Waals surface area contributed by atoms with Crippen LogP contribution in [-0.4, -0.2) is 25.0 Å². The number of hydrogen-bond donors (Lipinski definition) is 1. The molecule has 1 rings (SSSR count). The molecule has 0 spiro atoms. The van der Waals surface area contributed by atoms with Crippen LogP contribution in [0.25, 0.3) is 0 Å². The van der Waals surface area contributed by atoms with Gasteiger partial charge in [0.25, 0.3) is 5.95 Å². The molecule has 0 saturated heterocycles. The van der Waals surface area contributed by atoms with E-state index in [4.69, 9.17) is 9.52 Å². The van der Waals surface area contributed by atoms with E-state index in [2.05, 4.69) is 4.74 Å². The van der Waals surface area contributed by atoms with E-state index in [0.717, 1.165) is 0 Å². The van der Waals surface area contributed by atoms with Crippen molar-refractivity contribution in [2.45, 2.75) is 18.5 Å². The van der Waals surface area contributed by atoms with Crippen molar-refractivity contribution in [3.05, 3.63) is 17.9 Å². The first kappa shape index (κ1) is 11.9. The van der Waals surface area contributed by atoms with Gasteiger partial charge in [-0.15, -0.1) is 0 Å². The topological polar surface area (TPSA) is 42.6 Å². The Labute approximate surface area is 84.5 Å². The lowest BCUT2D eigenvalue weighted by atomic mass is 10.0. The fourth-order valence-corrected chi connectivity index (χ4v) is 1.23. The van der Waals surface area contributed by atoms with Gasteiger partial charge in [0, 0.05) is 12.7 Å². The van der Waals surface area contributed by atoms with Crippen LogP contribution in [0, 0.1) is 0 Å². The molecule has 1 aromatic heterocycles. The van der Waals surface area contributed by atoms with E-state index < -0.39 is 25.1 Å². The van der Waals surface area contributed by atoms with Gasteiger partial charge in [0.2, 0.25) is 0 Å². The minimum Gasteiger partial charge on any atom is -0.468 e. The van der Waals surface area contributed by atoms with Crippen LogP contribution in [0.5, 0.6) is 5.95 Å². The molecular formula is C9H11F3O3. The molecule has 3 nitrogen and oxygen atoms in total. The average molecular weight is 224 g/mol. The summed E-state index contributed by atoms with van der Waals surface area (Å²) in [5.74, 6) is -2.00. The van der Waals surface area contributed by atoms with E-state index in [-0.39, 0.29) is 11.7 Å². The highest BCUT2D eigenvalue weighted by Gasteiger charge is 2.42. The predicted octanol–water partition coefficient (Wildman–Crippen LogP) is 2.32. The number of hydrogen-bond acceptors (Lipinski definition) is 3. The summed E-state index contributed by atoms with van der Waals surface area (Å²) in [4.78, 5) is 0. The van der Waals surface area contributed by atoms with Crippen molar-refractivity contribution < 1.29 is 27.4 Å². The molecule has 0 saturated carbocycles. The highest BCUT2D eigenvalue weighted by Crippen LogP contribution is 2.38. The van der Waals surface area contributed by atoms with Crippen molar-refractivity contribution >= 4 is 0 Å². The van der Waals surface area contributed by atoms with Gasteiger partial charge in [-0.3, -0.25) is 0 Å². The molecule has 0 fully saturated rings. The summed E-state index contributed by atoms with van der Waals surface area (Å²) < 4.78 is 46.9. The molecule has 0 radical (unpaired) electrons. The fourth-order valence-electron chi connectivity index (χ4n) is 1.23. The normalized spacial score (nSPS) is 13.9. The SMILES string of the molecule is COc1ccc(C(CCO)C(F)(F)F)o1. The number of ether oxygens (including phenoxy) is 1. The number of alkyl halides is 3. The number of aliphatic hydroxyl groups is 1. The summed E-state index contributed by atoms with van der Waals surface area (Å²) in [6.07, 6.45) is -4.84. The highest BCUT2D eigenvalue weighted by atomic mass is 19.4. The van der Waals surface area contributed by atoms with Crippen LogP contribution in [-0.2, 0) is 0 Å². The van der Waals surface area contributed by atoms with Crippen LogP contribution in [0.1, 0.15) is 18.1 Å². The smallest absolute Gasteiger partial charge is 0.398 e. The summed E-state index contributed by atoms with van der Waals surface area (Å²) in [5.41, 5.74) is 0. The number of halogens is 3. The molecular weight excluding hydrogens is 213 g/mol. The number of aliphatic hydroxyl groups excluding tert-OH is 1. The largest absolute Gasteiger partial charge is 0.468 e. The first-order valence-electron chi connectivity index (χ1n) is 4.30. The second-order valence-corrected chi connectivity index (χ2v) is 2.97. The van der Waals surface area contributed by atoms with Crippen LogP contribution in [0.3, 0.4) is 0 Å². The second-order valence-electron chi connectivity index (χ2n) is 2.97. The third-order valence-electron chi connectivity index (χ3n) is 1.96. The molecule has 0 aliphatic carbocycles. The lowest BCUT2D eigenvalue weighted by Gasteiger charge is -2.16. The first-order chi connectivity index (χ1) is 6.99. The van der Waals surface area contributed by atoms with E-state index in [1.165, 1.54) is 19.2 Å². The lowest BCUT2D eigenvalue weighted by Crippen LogP contribution is -2.21. The molecule has 0 bridgehead atoms. The molecule has 1 unspecified atom stereocenters. The van der Waals surface area contributed by atoms with Gasteiger partial charge in [-0.25, -0.2) is 0 Å². The summed E-state index contributed by atoms with van der Waals surface area (Å²) in [5, 5.41) is 8.55. The second kappa shape index (κ2) is 4.57.